The Kier molecular flexibility index (Phi) is 4.61. The molecule has 26 heavy (non-hydrogen) atoms. The fourth-order valence-corrected chi connectivity index (χ4v) is 3.69. The van der Waals surface area contributed by atoms with Crippen molar-refractivity contribution in [3.05, 3.63) is 60.4 Å². The van der Waals surface area contributed by atoms with Gasteiger partial charge in [0.2, 0.25) is 0 Å². The molecule has 6 heteroatoms. The Labute approximate surface area is 153 Å². The molecule has 1 aromatic carbocycles. The van der Waals surface area contributed by atoms with Gasteiger partial charge in [0.15, 0.2) is 0 Å². The lowest BCUT2D eigenvalue weighted by atomic mass is 9.89. The molecule has 0 bridgehead atoms. The van der Waals surface area contributed by atoms with Crippen LogP contribution < -0.4 is 0 Å². The third-order valence-electron chi connectivity index (χ3n) is 5.03. The fraction of sp³-hybridized carbons (Fsp3) is 0.400. The first-order valence-corrected chi connectivity index (χ1v) is 9.03. The van der Waals surface area contributed by atoms with Gasteiger partial charge in [-0.25, -0.2) is 0 Å². The predicted molar refractivity (Wildman–Crippen MR) is 98.3 cm³/mol. The quantitative estimate of drug-likeness (QED) is 0.765. The van der Waals surface area contributed by atoms with Crippen LogP contribution in [-0.4, -0.2) is 43.5 Å². The molecule has 1 aliphatic rings. The summed E-state index contributed by atoms with van der Waals surface area (Å²) in [5.41, 5.74) is 0.310. The van der Waals surface area contributed by atoms with Gasteiger partial charge in [-0.15, -0.1) is 10.2 Å². The summed E-state index contributed by atoms with van der Waals surface area (Å²) in [6, 6.07) is 14.1. The van der Waals surface area contributed by atoms with E-state index in [9.17, 15) is 5.11 Å². The highest BCUT2D eigenvalue weighted by Crippen LogP contribution is 2.27. The molecule has 1 fully saturated rings. The molecule has 4 rings (SSSR count). The number of aromatic nitrogens is 3. The number of aryl methyl sites for hydroxylation is 1. The smallest absolute Gasteiger partial charge is 0.135 e. The van der Waals surface area contributed by atoms with E-state index in [1.807, 2.05) is 54.1 Å². The highest BCUT2D eigenvalue weighted by Gasteiger charge is 2.35. The van der Waals surface area contributed by atoms with Crippen LogP contribution in [0.1, 0.15) is 24.4 Å². The summed E-state index contributed by atoms with van der Waals surface area (Å²) >= 11 is 0. The molecule has 2 aromatic heterocycles. The van der Waals surface area contributed by atoms with Crippen molar-refractivity contribution in [2.24, 2.45) is 7.05 Å². The number of furan rings is 1. The van der Waals surface area contributed by atoms with E-state index < -0.39 is 5.60 Å². The van der Waals surface area contributed by atoms with Crippen molar-refractivity contribution in [1.29, 1.82) is 0 Å². The average molecular weight is 352 g/mol. The van der Waals surface area contributed by atoms with Crippen LogP contribution in [0.4, 0.5) is 0 Å². The van der Waals surface area contributed by atoms with E-state index in [-0.39, 0.29) is 0 Å². The number of aliphatic hydroxyl groups is 1. The van der Waals surface area contributed by atoms with Crippen molar-refractivity contribution in [1.82, 2.24) is 19.7 Å². The van der Waals surface area contributed by atoms with Crippen LogP contribution in [0.5, 0.6) is 0 Å². The Morgan fingerprint density at radius 3 is 2.81 bits per heavy atom. The van der Waals surface area contributed by atoms with Gasteiger partial charge in [0.25, 0.3) is 0 Å². The zero-order chi connectivity index (χ0) is 18.0. The van der Waals surface area contributed by atoms with Gasteiger partial charge >= 0.3 is 0 Å². The lowest BCUT2D eigenvalue weighted by molar-refractivity contribution is -0.0359. The topological polar surface area (TPSA) is 67.3 Å². The summed E-state index contributed by atoms with van der Waals surface area (Å²) in [4.78, 5) is 2.26. The summed E-state index contributed by atoms with van der Waals surface area (Å²) in [6.45, 7) is 2.28. The monoisotopic (exact) mass is 352 g/mol. The number of likely N-dealkylation sites (tertiary alicyclic amines) is 1. The minimum absolute atomic E-state index is 0.521. The number of benzene rings is 1. The van der Waals surface area contributed by atoms with Gasteiger partial charge in [-0.3, -0.25) is 4.90 Å². The number of β-amino-alcohol motifs (C(OH)–C–C–N with tert-alkyl or cyclic N) is 1. The molecule has 1 atom stereocenters. The van der Waals surface area contributed by atoms with Crippen LogP contribution in [-0.2, 0) is 20.0 Å². The normalized spacial score (nSPS) is 21.2. The Morgan fingerprint density at radius 1 is 1.19 bits per heavy atom. The Bertz CT molecular complexity index is 858. The van der Waals surface area contributed by atoms with Gasteiger partial charge in [-0.2, -0.15) is 0 Å². The highest BCUT2D eigenvalue weighted by molar-refractivity contribution is 5.57. The van der Waals surface area contributed by atoms with Gasteiger partial charge in [0.05, 0.1) is 12.1 Å². The molecule has 136 valence electrons. The van der Waals surface area contributed by atoms with Gasteiger partial charge in [0, 0.05) is 25.6 Å². The van der Waals surface area contributed by atoms with Crippen molar-refractivity contribution in [2.45, 2.75) is 31.4 Å². The number of hydrogen-bond acceptors (Lipinski definition) is 5. The first kappa shape index (κ1) is 17.0. The molecular formula is C20H24N4O2. The SMILES string of the molecule is Cn1cnnc1CC1(O)CCCN(Cc2ccc(-c3ccccc3)o2)C1. The second kappa shape index (κ2) is 7.05. The maximum absolute atomic E-state index is 11.0. The van der Waals surface area contributed by atoms with E-state index in [0.717, 1.165) is 42.3 Å². The number of hydrogen-bond donors (Lipinski definition) is 1. The third kappa shape index (κ3) is 3.71. The number of piperidine rings is 1. The van der Waals surface area contributed by atoms with Crippen LogP contribution >= 0.6 is 0 Å². The van der Waals surface area contributed by atoms with Gasteiger partial charge in [0.1, 0.15) is 23.7 Å². The van der Waals surface area contributed by atoms with Gasteiger partial charge in [-0.05, 0) is 31.5 Å². The van der Waals surface area contributed by atoms with Crippen LogP contribution in [0.25, 0.3) is 11.3 Å². The minimum atomic E-state index is -0.770. The van der Waals surface area contributed by atoms with Crippen LogP contribution in [0, 0.1) is 0 Å². The maximum Gasteiger partial charge on any atom is 0.135 e. The summed E-state index contributed by atoms with van der Waals surface area (Å²) in [5.74, 6) is 2.62. The molecule has 0 spiro atoms. The van der Waals surface area contributed by atoms with E-state index in [1.54, 1.807) is 6.33 Å². The van der Waals surface area contributed by atoms with Gasteiger partial charge in [-0.1, -0.05) is 30.3 Å². The molecule has 0 amide bonds. The fourth-order valence-electron chi connectivity index (χ4n) is 3.69. The number of rotatable bonds is 5. The average Bonchev–Trinajstić information content (AvgIpc) is 3.25. The standard InChI is InChI=1S/C20H24N4O2/c1-23-15-21-22-19(23)12-20(25)10-5-11-24(14-20)13-17-8-9-18(26-17)16-6-3-2-4-7-16/h2-4,6-9,15,25H,5,10-14H2,1H3. The Balaban J connectivity index is 1.42. The summed E-state index contributed by atoms with van der Waals surface area (Å²) in [6.07, 6.45) is 3.94. The van der Waals surface area contributed by atoms with Crippen molar-refractivity contribution in [2.75, 3.05) is 13.1 Å². The third-order valence-corrected chi connectivity index (χ3v) is 5.03. The lowest BCUT2D eigenvalue weighted by Gasteiger charge is -2.38. The molecule has 1 unspecified atom stereocenters. The molecule has 0 aliphatic carbocycles. The van der Waals surface area contributed by atoms with Crippen molar-refractivity contribution in [3.8, 4) is 11.3 Å². The molecule has 3 heterocycles. The van der Waals surface area contributed by atoms with Crippen LogP contribution in [0.15, 0.2) is 53.2 Å². The van der Waals surface area contributed by atoms with E-state index in [4.69, 9.17) is 4.42 Å². The predicted octanol–water partition coefficient (Wildman–Crippen LogP) is 2.64. The first-order valence-electron chi connectivity index (χ1n) is 9.03. The number of nitrogens with zero attached hydrogens (tertiary/aromatic N) is 4. The molecule has 0 radical (unpaired) electrons. The molecular weight excluding hydrogens is 328 g/mol. The van der Waals surface area contributed by atoms with Crippen molar-refractivity contribution in [3.63, 3.8) is 0 Å². The van der Waals surface area contributed by atoms with Gasteiger partial charge < -0.3 is 14.1 Å². The molecule has 1 saturated heterocycles. The second-order valence-corrected chi connectivity index (χ2v) is 7.21. The minimum Gasteiger partial charge on any atom is -0.460 e. The highest BCUT2D eigenvalue weighted by atomic mass is 16.3. The lowest BCUT2D eigenvalue weighted by Crippen LogP contribution is -2.49. The maximum atomic E-state index is 11.0. The molecule has 3 aromatic rings. The van der Waals surface area contributed by atoms with E-state index in [0.29, 0.717) is 19.5 Å². The van der Waals surface area contributed by atoms with Crippen LogP contribution in [0.3, 0.4) is 0 Å². The Morgan fingerprint density at radius 2 is 2.04 bits per heavy atom. The largest absolute Gasteiger partial charge is 0.460 e. The first-order chi connectivity index (χ1) is 12.6. The van der Waals surface area contributed by atoms with E-state index >= 15 is 0 Å². The molecule has 1 aliphatic heterocycles. The summed E-state index contributed by atoms with van der Waals surface area (Å²) in [7, 11) is 1.91. The molecule has 0 saturated carbocycles. The summed E-state index contributed by atoms with van der Waals surface area (Å²) < 4.78 is 7.89. The van der Waals surface area contributed by atoms with Crippen molar-refractivity contribution < 1.29 is 9.52 Å². The van der Waals surface area contributed by atoms with E-state index in [1.165, 1.54) is 0 Å². The van der Waals surface area contributed by atoms with Crippen LogP contribution in [0.2, 0.25) is 0 Å². The zero-order valence-corrected chi connectivity index (χ0v) is 15.0. The molecule has 1 N–H and O–H groups in total. The second-order valence-electron chi connectivity index (χ2n) is 7.21. The van der Waals surface area contributed by atoms with Crippen molar-refractivity contribution >= 4 is 0 Å². The Hall–Kier alpha value is -2.44. The van der Waals surface area contributed by atoms with E-state index in [2.05, 4.69) is 15.1 Å². The summed E-state index contributed by atoms with van der Waals surface area (Å²) in [5, 5.41) is 19.1. The zero-order valence-electron chi connectivity index (χ0n) is 15.0. The molecule has 6 nitrogen and oxygen atoms in total.